The van der Waals surface area contributed by atoms with Crippen LogP contribution < -0.4 is 0 Å². The normalized spacial score (nSPS) is 35.0. The third-order valence-electron chi connectivity index (χ3n) is 5.21. The van der Waals surface area contributed by atoms with Crippen molar-refractivity contribution in [1.82, 2.24) is 9.80 Å². The smallest absolute Gasteiger partial charge is 0.0672 e. The Hall–Kier alpha value is -0.590. The summed E-state index contributed by atoms with van der Waals surface area (Å²) in [5.41, 5.74) is 0.380. The van der Waals surface area contributed by atoms with Crippen molar-refractivity contribution in [3.05, 3.63) is 0 Å². The molecule has 0 N–H and O–H groups in total. The van der Waals surface area contributed by atoms with Crippen molar-refractivity contribution in [3.8, 4) is 6.07 Å². The van der Waals surface area contributed by atoms with E-state index in [1.165, 1.54) is 12.8 Å². The molecule has 3 nitrogen and oxygen atoms in total. The first kappa shape index (κ1) is 14.8. The molecule has 1 saturated heterocycles. The fraction of sp³-hybridized carbons (Fsp3) is 0.938. The number of likely N-dealkylation sites (N-methyl/N-ethyl adjacent to an activating group) is 1. The summed E-state index contributed by atoms with van der Waals surface area (Å²) in [5.74, 6) is 1.02. The van der Waals surface area contributed by atoms with E-state index in [0.29, 0.717) is 11.5 Å². The zero-order valence-corrected chi connectivity index (χ0v) is 13.0. The van der Waals surface area contributed by atoms with E-state index in [4.69, 9.17) is 0 Å². The monoisotopic (exact) mass is 263 g/mol. The minimum Gasteiger partial charge on any atom is -0.304 e. The van der Waals surface area contributed by atoms with Gasteiger partial charge in [0.05, 0.1) is 12.0 Å². The van der Waals surface area contributed by atoms with E-state index in [2.05, 4.69) is 43.7 Å². The van der Waals surface area contributed by atoms with Gasteiger partial charge in [0.1, 0.15) is 0 Å². The van der Waals surface area contributed by atoms with Gasteiger partial charge >= 0.3 is 0 Å². The maximum atomic E-state index is 9.45. The maximum absolute atomic E-state index is 9.45. The lowest BCUT2D eigenvalue weighted by Crippen LogP contribution is -2.53. The molecule has 0 amide bonds. The average Bonchev–Trinajstić information content (AvgIpc) is 2.38. The Bertz CT molecular complexity index is 331. The largest absolute Gasteiger partial charge is 0.304 e. The van der Waals surface area contributed by atoms with E-state index in [1.54, 1.807) is 0 Å². The van der Waals surface area contributed by atoms with Crippen LogP contribution in [0.2, 0.25) is 0 Å². The van der Waals surface area contributed by atoms with E-state index in [9.17, 15) is 5.26 Å². The average molecular weight is 263 g/mol. The van der Waals surface area contributed by atoms with Crippen molar-refractivity contribution in [1.29, 1.82) is 5.26 Å². The van der Waals surface area contributed by atoms with Gasteiger partial charge in [0.25, 0.3) is 0 Å². The Morgan fingerprint density at radius 1 is 1.05 bits per heavy atom. The minimum absolute atomic E-state index is 0.252. The number of nitriles is 1. The predicted octanol–water partition coefficient (Wildman–Crippen LogP) is 2.59. The Labute approximate surface area is 118 Å². The highest BCUT2D eigenvalue weighted by molar-refractivity contribution is 5.00. The van der Waals surface area contributed by atoms with Gasteiger partial charge in [0.15, 0.2) is 0 Å². The Balaban J connectivity index is 2.04. The number of hydrogen-bond donors (Lipinski definition) is 0. The second kappa shape index (κ2) is 5.81. The van der Waals surface area contributed by atoms with Gasteiger partial charge in [-0.15, -0.1) is 0 Å². The lowest BCUT2D eigenvalue weighted by atomic mass is 9.67. The summed E-state index contributed by atoms with van der Waals surface area (Å²) in [7, 11) is 2.19. The second-order valence-electron chi connectivity index (χ2n) is 7.52. The quantitative estimate of drug-likeness (QED) is 0.728. The zero-order valence-electron chi connectivity index (χ0n) is 13.0. The molecular weight excluding hydrogens is 234 g/mol. The number of rotatable bonds is 1. The highest BCUT2D eigenvalue weighted by Gasteiger charge is 2.39. The first-order chi connectivity index (χ1) is 8.91. The molecule has 2 fully saturated rings. The molecule has 1 aliphatic carbocycles. The van der Waals surface area contributed by atoms with Crippen molar-refractivity contribution in [2.24, 2.45) is 17.3 Å². The summed E-state index contributed by atoms with van der Waals surface area (Å²) in [6, 6.07) is 3.08. The van der Waals surface area contributed by atoms with Gasteiger partial charge in [-0.25, -0.2) is 0 Å². The number of piperazine rings is 1. The van der Waals surface area contributed by atoms with Crippen LogP contribution >= 0.6 is 0 Å². The van der Waals surface area contributed by atoms with Crippen LogP contribution in [0.1, 0.15) is 40.0 Å². The predicted molar refractivity (Wildman–Crippen MR) is 78.8 cm³/mol. The van der Waals surface area contributed by atoms with Crippen LogP contribution in [0, 0.1) is 28.6 Å². The van der Waals surface area contributed by atoms with Crippen molar-refractivity contribution >= 4 is 0 Å². The molecule has 2 rings (SSSR count). The Kier molecular flexibility index (Phi) is 4.53. The van der Waals surface area contributed by atoms with E-state index in [0.717, 1.165) is 38.5 Å². The molecule has 2 aliphatic rings. The van der Waals surface area contributed by atoms with Crippen LogP contribution in [0.15, 0.2) is 0 Å². The van der Waals surface area contributed by atoms with E-state index >= 15 is 0 Å². The summed E-state index contributed by atoms with van der Waals surface area (Å²) in [4.78, 5) is 4.98. The van der Waals surface area contributed by atoms with Gasteiger partial charge in [-0.3, -0.25) is 4.90 Å². The van der Waals surface area contributed by atoms with Gasteiger partial charge in [0, 0.05) is 32.2 Å². The zero-order chi connectivity index (χ0) is 14.0. The molecule has 0 aromatic carbocycles. The van der Waals surface area contributed by atoms with Gasteiger partial charge in [-0.05, 0) is 37.6 Å². The van der Waals surface area contributed by atoms with Gasteiger partial charge < -0.3 is 4.90 Å². The SMILES string of the molecule is CN1CCN(C2CC(C(C)(C)C)CCC2C#N)CC1. The van der Waals surface area contributed by atoms with Crippen molar-refractivity contribution < 1.29 is 0 Å². The highest BCUT2D eigenvalue weighted by Crippen LogP contribution is 2.41. The number of hydrogen-bond acceptors (Lipinski definition) is 3. The van der Waals surface area contributed by atoms with E-state index < -0.39 is 0 Å². The molecule has 0 radical (unpaired) electrons. The lowest BCUT2D eigenvalue weighted by molar-refractivity contribution is 0.0332. The van der Waals surface area contributed by atoms with Crippen LogP contribution in [0.25, 0.3) is 0 Å². The fourth-order valence-corrected chi connectivity index (χ4v) is 3.64. The molecule has 0 aromatic heterocycles. The van der Waals surface area contributed by atoms with Crippen LogP contribution in [0.5, 0.6) is 0 Å². The summed E-state index contributed by atoms with van der Waals surface area (Å²) in [6.07, 6.45) is 3.53. The standard InChI is InChI=1S/C16H29N3/c1-16(2,3)14-6-5-13(12-17)15(11-14)19-9-7-18(4)8-10-19/h13-15H,5-11H2,1-4H3. The summed E-state index contributed by atoms with van der Waals surface area (Å²) >= 11 is 0. The molecular formula is C16H29N3. The van der Waals surface area contributed by atoms with Crippen LogP contribution in [-0.2, 0) is 0 Å². The summed E-state index contributed by atoms with van der Waals surface area (Å²) in [5, 5.41) is 9.45. The molecule has 0 aromatic rings. The molecule has 1 aliphatic heterocycles. The van der Waals surface area contributed by atoms with Crippen molar-refractivity contribution in [2.75, 3.05) is 33.2 Å². The summed E-state index contributed by atoms with van der Waals surface area (Å²) in [6.45, 7) is 11.6. The van der Waals surface area contributed by atoms with Gasteiger partial charge in [-0.2, -0.15) is 5.26 Å². The Morgan fingerprint density at radius 2 is 1.68 bits per heavy atom. The molecule has 0 spiro atoms. The molecule has 1 saturated carbocycles. The third-order valence-corrected chi connectivity index (χ3v) is 5.21. The third kappa shape index (κ3) is 3.49. The first-order valence-electron chi connectivity index (χ1n) is 7.74. The van der Waals surface area contributed by atoms with E-state index in [-0.39, 0.29) is 5.92 Å². The van der Waals surface area contributed by atoms with Crippen LogP contribution in [0.3, 0.4) is 0 Å². The molecule has 1 heterocycles. The molecule has 3 atom stereocenters. The molecule has 108 valence electrons. The first-order valence-corrected chi connectivity index (χ1v) is 7.74. The maximum Gasteiger partial charge on any atom is 0.0672 e. The Morgan fingerprint density at radius 3 is 2.21 bits per heavy atom. The van der Waals surface area contributed by atoms with Crippen molar-refractivity contribution in [2.45, 2.75) is 46.1 Å². The molecule has 3 heteroatoms. The second-order valence-corrected chi connectivity index (χ2v) is 7.52. The molecule has 19 heavy (non-hydrogen) atoms. The van der Waals surface area contributed by atoms with Gasteiger partial charge in [0.2, 0.25) is 0 Å². The van der Waals surface area contributed by atoms with Crippen LogP contribution in [-0.4, -0.2) is 49.1 Å². The topological polar surface area (TPSA) is 30.3 Å². The van der Waals surface area contributed by atoms with Gasteiger partial charge in [-0.1, -0.05) is 20.8 Å². The molecule has 0 bridgehead atoms. The lowest BCUT2D eigenvalue weighted by Gasteiger charge is -2.46. The highest BCUT2D eigenvalue weighted by atomic mass is 15.3. The number of nitrogens with zero attached hydrogens (tertiary/aromatic N) is 3. The summed E-state index contributed by atoms with van der Waals surface area (Å²) < 4.78 is 0. The molecule has 3 unspecified atom stereocenters. The van der Waals surface area contributed by atoms with Crippen molar-refractivity contribution in [3.63, 3.8) is 0 Å². The fourth-order valence-electron chi connectivity index (χ4n) is 3.64. The minimum atomic E-state index is 0.252. The van der Waals surface area contributed by atoms with E-state index in [1.807, 2.05) is 0 Å². The van der Waals surface area contributed by atoms with Crippen LogP contribution in [0.4, 0.5) is 0 Å².